The molecule has 0 N–H and O–H groups in total. The second kappa shape index (κ2) is 8.10. The minimum atomic E-state index is -0.458. The van der Waals surface area contributed by atoms with Crippen molar-refractivity contribution in [3.05, 3.63) is 65.5 Å². The monoisotopic (exact) mass is 331 g/mol. The summed E-state index contributed by atoms with van der Waals surface area (Å²) in [7, 11) is 2.92. The molecule has 0 saturated heterocycles. The smallest absolute Gasteiger partial charge is 0.337 e. The Labute approximate surface area is 139 Å². The summed E-state index contributed by atoms with van der Waals surface area (Å²) in [5.74, 6) is -0.963. The van der Waals surface area contributed by atoms with E-state index in [1.807, 2.05) is 0 Å². The molecule has 0 radical (unpaired) electrons. The maximum absolute atomic E-state index is 13.4. The van der Waals surface area contributed by atoms with Crippen LogP contribution in [0.25, 0.3) is 0 Å². The number of ether oxygens (including phenoxy) is 2. The maximum atomic E-state index is 13.4. The van der Waals surface area contributed by atoms with E-state index in [-0.39, 0.29) is 18.3 Å². The molecule has 0 saturated carbocycles. The van der Waals surface area contributed by atoms with Gasteiger partial charge in [-0.25, -0.2) is 9.18 Å². The Kier molecular flexibility index (Phi) is 5.89. The topological polar surface area (TPSA) is 55.8 Å². The van der Waals surface area contributed by atoms with Crippen LogP contribution in [0.15, 0.2) is 48.5 Å². The van der Waals surface area contributed by atoms with Crippen molar-refractivity contribution < 1.29 is 23.5 Å². The van der Waals surface area contributed by atoms with Gasteiger partial charge in [0.25, 0.3) is 5.91 Å². The zero-order chi connectivity index (χ0) is 17.5. The highest BCUT2D eigenvalue weighted by molar-refractivity contribution is 5.96. The van der Waals surface area contributed by atoms with Gasteiger partial charge in [0.05, 0.1) is 19.2 Å². The number of esters is 1. The van der Waals surface area contributed by atoms with Crippen LogP contribution >= 0.6 is 0 Å². The van der Waals surface area contributed by atoms with Gasteiger partial charge in [-0.3, -0.25) is 4.79 Å². The van der Waals surface area contributed by atoms with Crippen molar-refractivity contribution in [1.82, 2.24) is 4.90 Å². The largest absolute Gasteiger partial charge is 0.489 e. The Bertz CT molecular complexity index is 715. The molecule has 1 amide bonds. The van der Waals surface area contributed by atoms with Gasteiger partial charge < -0.3 is 14.4 Å². The highest BCUT2D eigenvalue weighted by atomic mass is 19.1. The van der Waals surface area contributed by atoms with Crippen molar-refractivity contribution in [3.8, 4) is 5.75 Å². The summed E-state index contributed by atoms with van der Waals surface area (Å²) < 4.78 is 23.4. The summed E-state index contributed by atoms with van der Waals surface area (Å²) >= 11 is 0. The van der Waals surface area contributed by atoms with Crippen LogP contribution < -0.4 is 4.74 Å². The summed E-state index contributed by atoms with van der Waals surface area (Å²) in [6, 6.07) is 12.3. The number of hydrogen-bond acceptors (Lipinski definition) is 4. The van der Waals surface area contributed by atoms with Crippen LogP contribution in [0, 0.1) is 5.82 Å². The zero-order valence-electron chi connectivity index (χ0n) is 13.5. The Hall–Kier alpha value is -2.89. The maximum Gasteiger partial charge on any atom is 0.337 e. The Morgan fingerprint density at radius 3 is 2.29 bits per heavy atom. The third-order valence-electron chi connectivity index (χ3n) is 3.42. The van der Waals surface area contributed by atoms with Gasteiger partial charge in [-0.1, -0.05) is 12.1 Å². The van der Waals surface area contributed by atoms with E-state index >= 15 is 0 Å². The quantitative estimate of drug-likeness (QED) is 0.764. The van der Waals surface area contributed by atoms with E-state index in [1.165, 1.54) is 36.3 Å². The minimum Gasteiger partial charge on any atom is -0.489 e. The summed E-state index contributed by atoms with van der Waals surface area (Å²) in [5.41, 5.74) is 0.815. The number of halogens is 1. The van der Waals surface area contributed by atoms with Crippen molar-refractivity contribution in [1.29, 1.82) is 0 Å². The number of likely N-dealkylation sites (N-methyl/N-ethyl adjacent to an activating group) is 1. The fourth-order valence-electron chi connectivity index (χ4n) is 2.04. The average molecular weight is 331 g/mol. The van der Waals surface area contributed by atoms with Crippen LogP contribution in [0.4, 0.5) is 4.39 Å². The number of methoxy groups -OCH3 is 1. The molecule has 0 atom stereocenters. The lowest BCUT2D eigenvalue weighted by Crippen LogP contribution is -2.31. The van der Waals surface area contributed by atoms with Crippen LogP contribution in [0.2, 0.25) is 0 Å². The first-order chi connectivity index (χ1) is 11.5. The van der Waals surface area contributed by atoms with Gasteiger partial charge in [-0.2, -0.15) is 0 Å². The molecule has 0 aliphatic carbocycles. The fraction of sp³-hybridized carbons (Fsp3) is 0.222. The van der Waals surface area contributed by atoms with Crippen LogP contribution in [0.3, 0.4) is 0 Å². The molecule has 0 aliphatic rings. The van der Waals surface area contributed by atoms with Gasteiger partial charge >= 0.3 is 5.97 Å². The Morgan fingerprint density at radius 2 is 1.67 bits per heavy atom. The van der Waals surface area contributed by atoms with Gasteiger partial charge in [-0.15, -0.1) is 0 Å². The number of benzene rings is 2. The van der Waals surface area contributed by atoms with Crippen molar-refractivity contribution in [3.63, 3.8) is 0 Å². The van der Waals surface area contributed by atoms with Crippen molar-refractivity contribution in [2.45, 2.75) is 0 Å². The average Bonchev–Trinajstić information content (AvgIpc) is 2.62. The first kappa shape index (κ1) is 17.5. The van der Waals surface area contributed by atoms with Gasteiger partial charge in [-0.05, 0) is 36.4 Å². The van der Waals surface area contributed by atoms with Crippen molar-refractivity contribution in [2.75, 3.05) is 27.3 Å². The standard InChI is InChI=1S/C18H18FNO4/c1-20(11-12-24-16-6-4-3-5-15(16)19)17(21)13-7-9-14(10-8-13)18(22)23-2/h3-10H,11-12H2,1-2H3. The molecule has 2 aromatic rings. The van der Waals surface area contributed by atoms with E-state index in [0.717, 1.165) is 0 Å². The molecule has 5 nitrogen and oxygen atoms in total. The van der Waals surface area contributed by atoms with Crippen LogP contribution in [0.5, 0.6) is 5.75 Å². The molecular formula is C18H18FNO4. The SMILES string of the molecule is COC(=O)c1ccc(C(=O)N(C)CCOc2ccccc2F)cc1. The molecule has 24 heavy (non-hydrogen) atoms. The molecule has 126 valence electrons. The summed E-state index contributed by atoms with van der Waals surface area (Å²) in [5, 5.41) is 0. The molecule has 0 spiro atoms. The van der Waals surface area contributed by atoms with Gasteiger partial charge in [0, 0.05) is 12.6 Å². The van der Waals surface area contributed by atoms with E-state index in [0.29, 0.717) is 17.7 Å². The second-order valence-corrected chi connectivity index (χ2v) is 5.07. The van der Waals surface area contributed by atoms with E-state index < -0.39 is 11.8 Å². The molecule has 2 rings (SSSR count). The number of carbonyl (C=O) groups excluding carboxylic acids is 2. The molecule has 0 heterocycles. The molecule has 0 aromatic heterocycles. The summed E-state index contributed by atoms with van der Waals surface area (Å²) in [6.07, 6.45) is 0. The fourth-order valence-corrected chi connectivity index (χ4v) is 2.04. The Balaban J connectivity index is 1.90. The molecule has 0 fully saturated rings. The number of carbonyl (C=O) groups is 2. The highest BCUT2D eigenvalue weighted by Gasteiger charge is 2.13. The predicted molar refractivity (Wildman–Crippen MR) is 86.6 cm³/mol. The third-order valence-corrected chi connectivity index (χ3v) is 3.42. The molecule has 0 aliphatic heterocycles. The third kappa shape index (κ3) is 4.32. The molecule has 0 bridgehead atoms. The first-order valence-electron chi connectivity index (χ1n) is 7.34. The van der Waals surface area contributed by atoms with Gasteiger partial charge in [0.1, 0.15) is 6.61 Å². The predicted octanol–water partition coefficient (Wildman–Crippen LogP) is 2.76. The summed E-state index contributed by atoms with van der Waals surface area (Å²) in [4.78, 5) is 25.1. The first-order valence-corrected chi connectivity index (χ1v) is 7.34. The van der Waals surface area contributed by atoms with Crippen LogP contribution in [0.1, 0.15) is 20.7 Å². The normalized spacial score (nSPS) is 10.1. The molecule has 2 aromatic carbocycles. The summed E-state index contributed by atoms with van der Waals surface area (Å²) in [6.45, 7) is 0.468. The van der Waals surface area contributed by atoms with E-state index in [2.05, 4.69) is 4.74 Å². The molecule has 6 heteroatoms. The lowest BCUT2D eigenvalue weighted by atomic mass is 10.1. The number of nitrogens with zero attached hydrogens (tertiary/aromatic N) is 1. The van der Waals surface area contributed by atoms with Crippen molar-refractivity contribution >= 4 is 11.9 Å². The minimum absolute atomic E-state index is 0.153. The lowest BCUT2D eigenvalue weighted by molar-refractivity contribution is 0.0600. The van der Waals surface area contributed by atoms with E-state index in [9.17, 15) is 14.0 Å². The highest BCUT2D eigenvalue weighted by Crippen LogP contribution is 2.15. The molecular weight excluding hydrogens is 313 g/mol. The van der Waals surface area contributed by atoms with Crippen LogP contribution in [-0.2, 0) is 4.74 Å². The lowest BCUT2D eigenvalue weighted by Gasteiger charge is -2.17. The van der Waals surface area contributed by atoms with Gasteiger partial charge in [0.15, 0.2) is 11.6 Å². The second-order valence-electron chi connectivity index (χ2n) is 5.07. The number of hydrogen-bond donors (Lipinski definition) is 0. The number of para-hydroxylation sites is 1. The van der Waals surface area contributed by atoms with E-state index in [1.54, 1.807) is 31.3 Å². The number of rotatable bonds is 6. The van der Waals surface area contributed by atoms with Gasteiger partial charge in [0.2, 0.25) is 0 Å². The molecule has 0 unspecified atom stereocenters. The number of amides is 1. The van der Waals surface area contributed by atoms with Crippen molar-refractivity contribution in [2.24, 2.45) is 0 Å². The zero-order valence-corrected chi connectivity index (χ0v) is 13.5. The van der Waals surface area contributed by atoms with E-state index in [4.69, 9.17) is 4.74 Å². The Morgan fingerprint density at radius 1 is 1.04 bits per heavy atom. The van der Waals surface area contributed by atoms with Crippen LogP contribution in [-0.4, -0.2) is 44.1 Å².